The molecule has 0 bridgehead atoms. The molecule has 1 rings (SSSR count). The van der Waals surface area contributed by atoms with Crippen LogP contribution in [0.25, 0.3) is 0 Å². The van der Waals surface area contributed by atoms with Gasteiger partial charge in [-0.25, -0.2) is 21.9 Å². The summed E-state index contributed by atoms with van der Waals surface area (Å²) in [5, 5.41) is 0. The number of rotatable bonds is 8. The van der Waals surface area contributed by atoms with Crippen molar-refractivity contribution in [3.05, 3.63) is 29.3 Å². The standard InChI is InChI=1S/C12H18F2N2O3S/c1-19-7-3-2-6-16-20(17,18)11-5-4-10(13)9(8-15)12(11)14/h4-5,16H,2-3,6-8,15H2,1H3. The number of ether oxygens (including phenoxy) is 1. The Morgan fingerprint density at radius 2 is 2.00 bits per heavy atom. The lowest BCUT2D eigenvalue weighted by atomic mass is 10.2. The third-order valence-electron chi connectivity index (χ3n) is 2.71. The molecule has 1 aromatic carbocycles. The molecule has 0 unspecified atom stereocenters. The fourth-order valence-electron chi connectivity index (χ4n) is 1.63. The number of sulfonamides is 1. The molecule has 0 aliphatic rings. The number of halogens is 2. The van der Waals surface area contributed by atoms with Gasteiger partial charge < -0.3 is 10.5 Å². The lowest BCUT2D eigenvalue weighted by Crippen LogP contribution is -2.26. The van der Waals surface area contributed by atoms with E-state index in [-0.39, 0.29) is 6.54 Å². The Balaban J connectivity index is 2.83. The van der Waals surface area contributed by atoms with Gasteiger partial charge in [0.1, 0.15) is 10.7 Å². The Kier molecular flexibility index (Phi) is 6.47. The Labute approximate surface area is 117 Å². The van der Waals surface area contributed by atoms with Gasteiger partial charge in [-0.3, -0.25) is 0 Å². The average Bonchev–Trinajstić information content (AvgIpc) is 2.38. The number of benzene rings is 1. The summed E-state index contributed by atoms with van der Waals surface area (Å²) in [6.45, 7) is 0.263. The van der Waals surface area contributed by atoms with Crippen molar-refractivity contribution in [1.82, 2.24) is 4.72 Å². The molecule has 0 spiro atoms. The SMILES string of the molecule is COCCCCNS(=O)(=O)c1ccc(F)c(CN)c1F. The van der Waals surface area contributed by atoms with Crippen molar-refractivity contribution >= 4 is 10.0 Å². The first kappa shape index (κ1) is 17.0. The number of methoxy groups -OCH3 is 1. The summed E-state index contributed by atoms with van der Waals surface area (Å²) in [6.07, 6.45) is 1.23. The van der Waals surface area contributed by atoms with E-state index in [4.69, 9.17) is 10.5 Å². The van der Waals surface area contributed by atoms with Crippen LogP contribution >= 0.6 is 0 Å². The Morgan fingerprint density at radius 1 is 1.30 bits per heavy atom. The van der Waals surface area contributed by atoms with E-state index >= 15 is 0 Å². The van der Waals surface area contributed by atoms with Crippen molar-refractivity contribution in [2.45, 2.75) is 24.3 Å². The highest BCUT2D eigenvalue weighted by molar-refractivity contribution is 7.89. The third kappa shape index (κ3) is 4.20. The fourth-order valence-corrected chi connectivity index (χ4v) is 2.80. The van der Waals surface area contributed by atoms with Crippen LogP contribution in [-0.2, 0) is 21.3 Å². The van der Waals surface area contributed by atoms with Gasteiger partial charge in [-0.15, -0.1) is 0 Å². The number of unbranched alkanes of at least 4 members (excludes halogenated alkanes) is 1. The van der Waals surface area contributed by atoms with Crippen LogP contribution in [-0.4, -0.2) is 28.7 Å². The first-order valence-electron chi connectivity index (χ1n) is 6.09. The molecule has 0 amide bonds. The molecule has 8 heteroatoms. The second kappa shape index (κ2) is 7.63. The lowest BCUT2D eigenvalue weighted by Gasteiger charge is -2.10. The topological polar surface area (TPSA) is 81.4 Å². The predicted octanol–water partition coefficient (Wildman–Crippen LogP) is 1.13. The van der Waals surface area contributed by atoms with Crippen molar-refractivity contribution < 1.29 is 21.9 Å². The van der Waals surface area contributed by atoms with Crippen molar-refractivity contribution in [2.75, 3.05) is 20.3 Å². The number of hydrogen-bond acceptors (Lipinski definition) is 4. The predicted molar refractivity (Wildman–Crippen MR) is 70.5 cm³/mol. The number of hydrogen-bond donors (Lipinski definition) is 2. The van der Waals surface area contributed by atoms with Gasteiger partial charge in [0.15, 0.2) is 5.82 Å². The molecule has 1 aromatic rings. The highest BCUT2D eigenvalue weighted by Crippen LogP contribution is 2.20. The quantitative estimate of drug-likeness (QED) is 0.705. The van der Waals surface area contributed by atoms with Crippen LogP contribution in [0.3, 0.4) is 0 Å². The van der Waals surface area contributed by atoms with Crippen LogP contribution in [0.5, 0.6) is 0 Å². The Bertz CT molecular complexity index is 550. The molecular formula is C12H18F2N2O3S. The monoisotopic (exact) mass is 308 g/mol. The minimum atomic E-state index is -4.02. The first-order valence-corrected chi connectivity index (χ1v) is 7.58. The van der Waals surface area contributed by atoms with Gasteiger partial charge in [-0.2, -0.15) is 0 Å². The normalized spacial score (nSPS) is 11.8. The van der Waals surface area contributed by atoms with Crippen LogP contribution in [0.2, 0.25) is 0 Å². The smallest absolute Gasteiger partial charge is 0.243 e. The first-order chi connectivity index (χ1) is 9.44. The van der Waals surface area contributed by atoms with Gasteiger partial charge in [-0.1, -0.05) is 0 Å². The summed E-state index contributed by atoms with van der Waals surface area (Å²) >= 11 is 0. The minimum absolute atomic E-state index is 0.153. The Morgan fingerprint density at radius 3 is 2.60 bits per heavy atom. The fraction of sp³-hybridized carbons (Fsp3) is 0.500. The highest BCUT2D eigenvalue weighted by atomic mass is 32.2. The molecular weight excluding hydrogens is 290 g/mol. The maximum atomic E-state index is 13.9. The van der Waals surface area contributed by atoms with Crippen molar-refractivity contribution in [3.8, 4) is 0 Å². The molecule has 5 nitrogen and oxygen atoms in total. The van der Waals surface area contributed by atoms with Gasteiger partial charge in [0.25, 0.3) is 0 Å². The van der Waals surface area contributed by atoms with Crippen LogP contribution in [0, 0.1) is 11.6 Å². The molecule has 0 saturated heterocycles. The van der Waals surface area contributed by atoms with Gasteiger partial charge in [0, 0.05) is 32.4 Å². The zero-order chi connectivity index (χ0) is 15.2. The van der Waals surface area contributed by atoms with Crippen LogP contribution < -0.4 is 10.5 Å². The van der Waals surface area contributed by atoms with Crippen molar-refractivity contribution in [1.29, 1.82) is 0 Å². The maximum Gasteiger partial charge on any atom is 0.243 e. The van der Waals surface area contributed by atoms with Gasteiger partial charge in [0.2, 0.25) is 10.0 Å². The number of nitrogens with two attached hydrogens (primary N) is 1. The second-order valence-corrected chi connectivity index (χ2v) is 5.88. The molecule has 3 N–H and O–H groups in total. The molecule has 0 atom stereocenters. The summed E-state index contributed by atoms with van der Waals surface area (Å²) in [4.78, 5) is -0.592. The molecule has 0 aliphatic heterocycles. The van der Waals surface area contributed by atoms with E-state index < -0.39 is 38.7 Å². The van der Waals surface area contributed by atoms with Gasteiger partial charge in [0.05, 0.1) is 0 Å². The third-order valence-corrected chi connectivity index (χ3v) is 4.19. The molecule has 0 heterocycles. The Hall–Kier alpha value is -1.09. The molecule has 20 heavy (non-hydrogen) atoms. The molecule has 0 fully saturated rings. The van der Waals surface area contributed by atoms with E-state index in [1.807, 2.05) is 0 Å². The van der Waals surface area contributed by atoms with E-state index in [0.29, 0.717) is 19.4 Å². The van der Waals surface area contributed by atoms with E-state index in [2.05, 4.69) is 4.72 Å². The summed E-state index contributed by atoms with van der Waals surface area (Å²) < 4.78 is 58.1. The average molecular weight is 308 g/mol. The van der Waals surface area contributed by atoms with E-state index in [1.54, 1.807) is 7.11 Å². The van der Waals surface area contributed by atoms with Gasteiger partial charge in [-0.05, 0) is 25.0 Å². The summed E-state index contributed by atoms with van der Waals surface area (Å²) in [7, 11) is -2.47. The largest absolute Gasteiger partial charge is 0.385 e. The zero-order valence-corrected chi connectivity index (χ0v) is 12.0. The summed E-state index contributed by atoms with van der Waals surface area (Å²) in [6, 6.07) is 1.78. The van der Waals surface area contributed by atoms with E-state index in [9.17, 15) is 17.2 Å². The van der Waals surface area contributed by atoms with Crippen molar-refractivity contribution in [2.24, 2.45) is 5.73 Å². The molecule has 114 valence electrons. The number of nitrogens with one attached hydrogen (secondary N) is 1. The van der Waals surface area contributed by atoms with Gasteiger partial charge >= 0.3 is 0 Å². The van der Waals surface area contributed by atoms with E-state index in [0.717, 1.165) is 12.1 Å². The highest BCUT2D eigenvalue weighted by Gasteiger charge is 2.22. The molecule has 0 aromatic heterocycles. The summed E-state index contributed by atoms with van der Waals surface area (Å²) in [5.74, 6) is -2.00. The second-order valence-electron chi connectivity index (χ2n) is 4.14. The minimum Gasteiger partial charge on any atom is -0.385 e. The lowest BCUT2D eigenvalue weighted by molar-refractivity contribution is 0.193. The van der Waals surface area contributed by atoms with Crippen LogP contribution in [0.4, 0.5) is 8.78 Å². The van der Waals surface area contributed by atoms with E-state index in [1.165, 1.54) is 0 Å². The van der Waals surface area contributed by atoms with Crippen LogP contribution in [0.1, 0.15) is 18.4 Å². The summed E-state index contributed by atoms with van der Waals surface area (Å²) in [5.41, 5.74) is 4.77. The molecule has 0 saturated carbocycles. The van der Waals surface area contributed by atoms with Crippen LogP contribution in [0.15, 0.2) is 17.0 Å². The molecule has 0 radical (unpaired) electrons. The maximum absolute atomic E-state index is 13.9. The zero-order valence-electron chi connectivity index (χ0n) is 11.2. The van der Waals surface area contributed by atoms with Crippen molar-refractivity contribution in [3.63, 3.8) is 0 Å². The molecule has 0 aliphatic carbocycles.